The zero-order valence-corrected chi connectivity index (χ0v) is 21.1. The van der Waals surface area contributed by atoms with Gasteiger partial charge in [0.2, 0.25) is 0 Å². The molecule has 4 aromatic carbocycles. The van der Waals surface area contributed by atoms with Gasteiger partial charge in [-0.2, -0.15) is 0 Å². The lowest BCUT2D eigenvalue weighted by Crippen LogP contribution is -2.04. The Balaban J connectivity index is 1.46. The van der Waals surface area contributed by atoms with Crippen LogP contribution < -0.4 is 20.9 Å². The molecule has 0 atom stereocenters. The number of hydrogen-bond donors (Lipinski definition) is 2. The molecule has 36 heavy (non-hydrogen) atoms. The zero-order valence-electron chi connectivity index (χ0n) is 21.1. The van der Waals surface area contributed by atoms with E-state index in [1.807, 2.05) is 48.5 Å². The van der Waals surface area contributed by atoms with Gasteiger partial charge in [-0.15, -0.1) is 0 Å². The molecule has 0 saturated heterocycles. The maximum Gasteiger partial charge on any atom is 0.193 e. The summed E-state index contributed by atoms with van der Waals surface area (Å²) in [5.74, 6) is 3.07. The summed E-state index contributed by atoms with van der Waals surface area (Å²) in [4.78, 5) is 13.1. The minimum absolute atomic E-state index is 0.186. The Morgan fingerprint density at radius 2 is 0.944 bits per heavy atom. The lowest BCUT2D eigenvalue weighted by Gasteiger charge is -2.13. The average molecular weight is 481 g/mol. The Hall–Kier alpha value is -4.25. The van der Waals surface area contributed by atoms with Crippen molar-refractivity contribution < 1.29 is 14.3 Å². The summed E-state index contributed by atoms with van der Waals surface area (Å²) in [5.41, 5.74) is 16.6. The highest BCUT2D eigenvalue weighted by Crippen LogP contribution is 2.32. The Morgan fingerprint density at radius 3 is 1.25 bits per heavy atom. The molecule has 0 bridgehead atoms. The third-order valence-corrected chi connectivity index (χ3v) is 6.09. The summed E-state index contributed by atoms with van der Waals surface area (Å²) in [6.07, 6.45) is 0. The number of ketones is 1. The molecule has 0 fully saturated rings. The van der Waals surface area contributed by atoms with Crippen LogP contribution >= 0.6 is 0 Å². The number of benzene rings is 4. The van der Waals surface area contributed by atoms with Gasteiger partial charge in [0.15, 0.2) is 5.78 Å². The van der Waals surface area contributed by atoms with Gasteiger partial charge in [0.25, 0.3) is 0 Å². The number of nitrogen functional groups attached to an aromatic ring is 2. The van der Waals surface area contributed by atoms with Gasteiger partial charge in [-0.25, -0.2) is 0 Å². The lowest BCUT2D eigenvalue weighted by molar-refractivity contribution is 0.103. The lowest BCUT2D eigenvalue weighted by atomic mass is 10.0. The van der Waals surface area contributed by atoms with E-state index in [2.05, 4.69) is 27.7 Å². The molecular formula is C31H32N2O3. The van der Waals surface area contributed by atoms with Crippen LogP contribution in [0.5, 0.6) is 23.0 Å². The van der Waals surface area contributed by atoms with Gasteiger partial charge in [0, 0.05) is 11.1 Å². The second-order valence-corrected chi connectivity index (χ2v) is 9.49. The first-order valence-electron chi connectivity index (χ1n) is 12.1. The third kappa shape index (κ3) is 5.69. The van der Waals surface area contributed by atoms with Gasteiger partial charge in [-0.05, 0) is 83.6 Å². The summed E-state index contributed by atoms with van der Waals surface area (Å²) < 4.78 is 11.8. The van der Waals surface area contributed by atoms with Crippen LogP contribution in [-0.2, 0) is 0 Å². The summed E-state index contributed by atoms with van der Waals surface area (Å²) in [5, 5.41) is 0. The summed E-state index contributed by atoms with van der Waals surface area (Å²) in [6.45, 7) is 8.57. The number of rotatable bonds is 8. The van der Waals surface area contributed by atoms with Crippen molar-refractivity contribution in [3.63, 3.8) is 0 Å². The second-order valence-electron chi connectivity index (χ2n) is 9.49. The quantitative estimate of drug-likeness (QED) is 0.198. The van der Waals surface area contributed by atoms with Crippen LogP contribution in [0.3, 0.4) is 0 Å². The van der Waals surface area contributed by atoms with E-state index < -0.39 is 0 Å². The van der Waals surface area contributed by atoms with Gasteiger partial charge in [-0.3, -0.25) is 4.79 Å². The summed E-state index contributed by atoms with van der Waals surface area (Å²) >= 11 is 0. The molecule has 4 aromatic rings. The SMILES string of the molecule is CC(C)c1ccc(Oc2ccc(C(=O)c3ccc(Oc4ccc(C(C)C)cc4)c(N)c3)cc2N)cc1. The van der Waals surface area contributed by atoms with E-state index >= 15 is 0 Å². The number of ether oxygens (including phenoxy) is 2. The van der Waals surface area contributed by atoms with Crippen LogP contribution in [0.15, 0.2) is 84.9 Å². The zero-order chi connectivity index (χ0) is 25.8. The Labute approximate surface area is 212 Å². The third-order valence-electron chi connectivity index (χ3n) is 6.09. The van der Waals surface area contributed by atoms with E-state index in [0.717, 1.165) is 0 Å². The fourth-order valence-electron chi connectivity index (χ4n) is 3.83. The van der Waals surface area contributed by atoms with Crippen molar-refractivity contribution in [1.82, 2.24) is 0 Å². The topological polar surface area (TPSA) is 87.6 Å². The van der Waals surface area contributed by atoms with Crippen LogP contribution in [0.1, 0.15) is 66.6 Å². The van der Waals surface area contributed by atoms with Crippen LogP contribution in [0, 0.1) is 0 Å². The predicted octanol–water partition coefficient (Wildman–Crippen LogP) is 7.91. The van der Waals surface area contributed by atoms with Crippen molar-refractivity contribution in [2.75, 3.05) is 11.5 Å². The molecule has 0 amide bonds. The van der Waals surface area contributed by atoms with Gasteiger partial charge < -0.3 is 20.9 Å². The van der Waals surface area contributed by atoms with E-state index in [4.69, 9.17) is 20.9 Å². The average Bonchev–Trinajstić information content (AvgIpc) is 2.86. The Morgan fingerprint density at radius 1 is 0.583 bits per heavy atom. The predicted molar refractivity (Wildman–Crippen MR) is 146 cm³/mol. The van der Waals surface area contributed by atoms with Crippen molar-refractivity contribution in [1.29, 1.82) is 0 Å². The second kappa shape index (κ2) is 10.6. The Kier molecular flexibility index (Phi) is 7.30. The molecule has 0 spiro atoms. The smallest absolute Gasteiger partial charge is 0.193 e. The Bertz CT molecular complexity index is 1250. The van der Waals surface area contributed by atoms with E-state index in [9.17, 15) is 4.79 Å². The maximum absolute atomic E-state index is 13.1. The molecule has 184 valence electrons. The highest BCUT2D eigenvalue weighted by molar-refractivity contribution is 6.10. The molecule has 5 heteroatoms. The van der Waals surface area contributed by atoms with E-state index in [1.54, 1.807) is 36.4 Å². The number of anilines is 2. The molecule has 0 aliphatic rings. The fourth-order valence-corrected chi connectivity index (χ4v) is 3.83. The van der Waals surface area contributed by atoms with Crippen LogP contribution in [0.4, 0.5) is 11.4 Å². The van der Waals surface area contributed by atoms with Crippen molar-refractivity contribution >= 4 is 17.2 Å². The number of nitrogens with two attached hydrogens (primary N) is 2. The highest BCUT2D eigenvalue weighted by Gasteiger charge is 2.14. The molecule has 0 saturated carbocycles. The van der Waals surface area contributed by atoms with E-state index in [-0.39, 0.29) is 5.78 Å². The van der Waals surface area contributed by atoms with Crippen molar-refractivity contribution in [2.24, 2.45) is 0 Å². The number of carbonyl (C=O) groups excluding carboxylic acids is 1. The van der Waals surface area contributed by atoms with Crippen LogP contribution in [-0.4, -0.2) is 5.78 Å². The van der Waals surface area contributed by atoms with E-state index in [0.29, 0.717) is 57.3 Å². The van der Waals surface area contributed by atoms with Gasteiger partial charge >= 0.3 is 0 Å². The first-order chi connectivity index (χ1) is 17.2. The molecule has 0 unspecified atom stereocenters. The largest absolute Gasteiger partial charge is 0.455 e. The summed E-state index contributed by atoms with van der Waals surface area (Å²) in [6, 6.07) is 25.9. The van der Waals surface area contributed by atoms with Gasteiger partial charge in [0.1, 0.15) is 23.0 Å². The van der Waals surface area contributed by atoms with Crippen molar-refractivity contribution in [2.45, 2.75) is 39.5 Å². The van der Waals surface area contributed by atoms with Gasteiger partial charge in [-0.1, -0.05) is 52.0 Å². The minimum Gasteiger partial charge on any atom is -0.455 e. The first kappa shape index (κ1) is 24.9. The monoisotopic (exact) mass is 480 g/mol. The standard InChI is InChI=1S/C31H32N2O3/c1-19(2)21-5-11-25(12-6-21)35-29-15-9-23(17-27(29)32)31(34)24-10-16-30(28(33)18-24)36-26-13-7-22(8-14-26)20(3)4/h5-20H,32-33H2,1-4H3. The normalized spacial score (nSPS) is 11.1. The number of hydrogen-bond acceptors (Lipinski definition) is 5. The molecule has 0 aliphatic carbocycles. The molecule has 0 aliphatic heterocycles. The fraction of sp³-hybridized carbons (Fsp3) is 0.194. The molecule has 0 radical (unpaired) electrons. The van der Waals surface area contributed by atoms with E-state index in [1.165, 1.54) is 11.1 Å². The van der Waals surface area contributed by atoms with Crippen molar-refractivity contribution in [3.05, 3.63) is 107 Å². The molecule has 4 rings (SSSR count). The molecule has 0 heterocycles. The molecule has 4 N–H and O–H groups in total. The molecular weight excluding hydrogens is 448 g/mol. The van der Waals surface area contributed by atoms with Crippen molar-refractivity contribution in [3.8, 4) is 23.0 Å². The first-order valence-corrected chi connectivity index (χ1v) is 12.1. The minimum atomic E-state index is -0.186. The van der Waals surface area contributed by atoms with Crippen LogP contribution in [0.25, 0.3) is 0 Å². The number of carbonyl (C=O) groups is 1. The van der Waals surface area contributed by atoms with Gasteiger partial charge in [0.05, 0.1) is 11.4 Å². The molecule has 5 nitrogen and oxygen atoms in total. The highest BCUT2D eigenvalue weighted by atomic mass is 16.5. The maximum atomic E-state index is 13.1. The summed E-state index contributed by atoms with van der Waals surface area (Å²) in [7, 11) is 0. The van der Waals surface area contributed by atoms with Crippen LogP contribution in [0.2, 0.25) is 0 Å². The molecule has 0 aromatic heterocycles.